The molecule has 2 rings (SSSR count). The number of hydrogen-bond donors (Lipinski definition) is 1. The average molecular weight is 400 g/mol. The molecule has 0 bridgehead atoms. The van der Waals surface area contributed by atoms with Gasteiger partial charge >= 0.3 is 6.09 Å². The molecule has 2 atom stereocenters. The minimum atomic E-state index is -0.738. The van der Waals surface area contributed by atoms with Crippen molar-refractivity contribution in [3.05, 3.63) is 65.3 Å². The molecule has 0 spiro atoms. The summed E-state index contributed by atoms with van der Waals surface area (Å²) >= 11 is 0. The third-order valence-electron chi connectivity index (χ3n) is 4.45. The largest absolute Gasteiger partial charge is 0.444 e. The predicted molar refractivity (Wildman–Crippen MR) is 111 cm³/mol. The number of terminal acetylenes is 1. The van der Waals surface area contributed by atoms with Gasteiger partial charge in [-0.15, -0.1) is 6.42 Å². The van der Waals surface area contributed by atoms with Crippen molar-refractivity contribution < 1.29 is 18.3 Å². The Morgan fingerprint density at radius 3 is 2.62 bits per heavy atom. The highest BCUT2D eigenvalue weighted by Crippen LogP contribution is 2.36. The van der Waals surface area contributed by atoms with E-state index in [9.17, 15) is 13.6 Å². The summed E-state index contributed by atoms with van der Waals surface area (Å²) in [5, 5.41) is 0. The minimum Gasteiger partial charge on any atom is -0.444 e. The quantitative estimate of drug-likeness (QED) is 0.601. The third kappa shape index (κ3) is 5.12. The van der Waals surface area contributed by atoms with Crippen molar-refractivity contribution in [2.75, 3.05) is 6.54 Å². The van der Waals surface area contributed by atoms with E-state index in [0.29, 0.717) is 11.1 Å². The van der Waals surface area contributed by atoms with Gasteiger partial charge in [-0.05, 0) is 69.2 Å². The lowest BCUT2D eigenvalue weighted by atomic mass is 9.98. The molecule has 154 valence electrons. The third-order valence-corrected chi connectivity index (χ3v) is 4.45. The fraction of sp³-hybridized carbons (Fsp3) is 0.348. The molecule has 29 heavy (non-hydrogen) atoms. The first kappa shape index (κ1) is 22.4. The Labute approximate surface area is 170 Å². The molecule has 0 aliphatic carbocycles. The summed E-state index contributed by atoms with van der Waals surface area (Å²) < 4.78 is 33.9. The Hall–Kier alpha value is -2.91. The van der Waals surface area contributed by atoms with Gasteiger partial charge in [-0.2, -0.15) is 0 Å². The van der Waals surface area contributed by atoms with Crippen LogP contribution in [0.4, 0.5) is 13.6 Å². The van der Waals surface area contributed by atoms with Crippen LogP contribution in [0.5, 0.6) is 0 Å². The smallest absolute Gasteiger partial charge is 0.411 e. The van der Waals surface area contributed by atoms with Gasteiger partial charge in [-0.1, -0.05) is 18.1 Å². The second-order valence-corrected chi connectivity index (χ2v) is 7.62. The Kier molecular flexibility index (Phi) is 6.99. The number of carbonyl (C=O) groups is 1. The molecule has 1 aromatic rings. The van der Waals surface area contributed by atoms with Crippen molar-refractivity contribution in [3.63, 3.8) is 0 Å². The average Bonchev–Trinajstić information content (AvgIpc) is 3.02. The van der Waals surface area contributed by atoms with E-state index in [1.807, 2.05) is 0 Å². The molecule has 1 heterocycles. The lowest BCUT2D eigenvalue weighted by Gasteiger charge is -2.33. The molecule has 2 unspecified atom stereocenters. The van der Waals surface area contributed by atoms with Gasteiger partial charge < -0.3 is 10.5 Å². The normalized spacial score (nSPS) is 20.0. The molecule has 0 fully saturated rings. The van der Waals surface area contributed by atoms with Gasteiger partial charge in [0.15, 0.2) is 0 Å². The van der Waals surface area contributed by atoms with Crippen molar-refractivity contribution >= 4 is 11.7 Å². The van der Waals surface area contributed by atoms with E-state index >= 15 is 0 Å². The molecule has 6 heteroatoms. The number of amides is 1. The number of carbonyl (C=O) groups excluding carboxylic acids is 1. The van der Waals surface area contributed by atoms with Crippen molar-refractivity contribution in [3.8, 4) is 12.3 Å². The van der Waals surface area contributed by atoms with Crippen molar-refractivity contribution in [2.24, 2.45) is 5.73 Å². The van der Waals surface area contributed by atoms with Crippen molar-refractivity contribution in [1.29, 1.82) is 0 Å². The first-order valence-electron chi connectivity index (χ1n) is 9.30. The summed E-state index contributed by atoms with van der Waals surface area (Å²) in [6.45, 7) is 7.07. The second-order valence-electron chi connectivity index (χ2n) is 7.62. The zero-order valence-electron chi connectivity index (χ0n) is 17.1. The highest BCUT2D eigenvalue weighted by molar-refractivity contribution is 5.82. The van der Waals surface area contributed by atoms with Gasteiger partial charge in [0.2, 0.25) is 0 Å². The molecule has 1 aliphatic rings. The summed E-state index contributed by atoms with van der Waals surface area (Å²) in [6.07, 6.45) is 11.4. The fourth-order valence-corrected chi connectivity index (χ4v) is 3.26. The topological polar surface area (TPSA) is 55.6 Å². The highest BCUT2D eigenvalue weighted by Gasteiger charge is 2.41. The molecule has 0 radical (unpaired) electrons. The molecule has 0 saturated heterocycles. The van der Waals surface area contributed by atoms with E-state index in [1.165, 1.54) is 11.0 Å². The van der Waals surface area contributed by atoms with Gasteiger partial charge in [0, 0.05) is 12.1 Å². The van der Waals surface area contributed by atoms with Crippen LogP contribution < -0.4 is 5.73 Å². The van der Waals surface area contributed by atoms with Gasteiger partial charge in [0.05, 0.1) is 12.1 Å². The number of ether oxygens (including phenoxy) is 1. The predicted octanol–water partition coefficient (Wildman–Crippen LogP) is 4.43. The maximum absolute atomic E-state index is 14.5. The molecule has 1 aromatic carbocycles. The molecule has 1 aliphatic heterocycles. The van der Waals surface area contributed by atoms with E-state index in [0.717, 1.165) is 18.2 Å². The lowest BCUT2D eigenvalue weighted by Crippen LogP contribution is -2.48. The van der Waals surface area contributed by atoms with Crippen LogP contribution in [0.25, 0.3) is 5.57 Å². The van der Waals surface area contributed by atoms with E-state index in [1.54, 1.807) is 45.9 Å². The maximum Gasteiger partial charge on any atom is 0.411 e. The van der Waals surface area contributed by atoms with Crippen molar-refractivity contribution in [1.82, 2.24) is 4.90 Å². The molecule has 0 aromatic heterocycles. The van der Waals surface area contributed by atoms with Crippen LogP contribution in [0.2, 0.25) is 0 Å². The Morgan fingerprint density at radius 1 is 1.38 bits per heavy atom. The summed E-state index contributed by atoms with van der Waals surface area (Å²) in [5.41, 5.74) is 6.43. The monoisotopic (exact) mass is 400 g/mol. The van der Waals surface area contributed by atoms with Gasteiger partial charge in [0.25, 0.3) is 0 Å². The number of benzene rings is 1. The van der Waals surface area contributed by atoms with Crippen LogP contribution >= 0.6 is 0 Å². The number of hydrogen-bond acceptors (Lipinski definition) is 3. The summed E-state index contributed by atoms with van der Waals surface area (Å²) in [4.78, 5) is 14.5. The summed E-state index contributed by atoms with van der Waals surface area (Å²) in [6, 6.07) is 1.92. The van der Waals surface area contributed by atoms with Crippen LogP contribution in [-0.2, 0) is 4.74 Å². The molecule has 0 saturated carbocycles. The number of rotatable bonds is 4. The first-order valence-corrected chi connectivity index (χ1v) is 9.30. The van der Waals surface area contributed by atoms with Gasteiger partial charge in [-0.3, -0.25) is 4.90 Å². The second kappa shape index (κ2) is 9.06. The number of halogens is 2. The fourth-order valence-electron chi connectivity index (χ4n) is 3.26. The first-order chi connectivity index (χ1) is 13.6. The van der Waals surface area contributed by atoms with Crippen LogP contribution in [0.1, 0.15) is 33.3 Å². The van der Waals surface area contributed by atoms with Crippen LogP contribution in [-0.4, -0.2) is 35.2 Å². The standard InChI is InChI=1S/C23H26F2N2O2/c1-6-8-9-15(7-2)20-13-18(17-12-16(24)10-11-19(17)25)21(14-26)27(20)22(28)29-23(3,4)5/h1,7-13,20-21H,14,26H2,2-5H3/b9-8-,15-7+. The van der Waals surface area contributed by atoms with Crippen LogP contribution in [0.3, 0.4) is 0 Å². The van der Waals surface area contributed by atoms with Crippen molar-refractivity contribution in [2.45, 2.75) is 45.4 Å². The van der Waals surface area contributed by atoms with Crippen LogP contribution in [0, 0.1) is 24.0 Å². The Morgan fingerprint density at radius 2 is 2.07 bits per heavy atom. The zero-order chi connectivity index (χ0) is 21.8. The number of allylic oxidation sites excluding steroid dienone is 2. The number of nitrogens with zero attached hydrogens (tertiary/aromatic N) is 1. The Balaban J connectivity index is 2.61. The Bertz CT molecular complexity index is 904. The maximum atomic E-state index is 14.5. The van der Waals surface area contributed by atoms with E-state index in [-0.39, 0.29) is 12.1 Å². The molecular weight excluding hydrogens is 374 g/mol. The van der Waals surface area contributed by atoms with Crippen LogP contribution in [0.15, 0.2) is 48.1 Å². The van der Waals surface area contributed by atoms with E-state index in [2.05, 4.69) is 5.92 Å². The highest BCUT2D eigenvalue weighted by atomic mass is 19.1. The van der Waals surface area contributed by atoms with E-state index in [4.69, 9.17) is 16.9 Å². The SMILES string of the molecule is C#C/C=C\C(=C/C)C1C=C(c2cc(F)ccc2F)C(CN)N1C(=O)OC(C)(C)C. The van der Waals surface area contributed by atoms with Gasteiger partial charge in [-0.25, -0.2) is 13.6 Å². The summed E-state index contributed by atoms with van der Waals surface area (Å²) in [5.74, 6) is 1.24. The zero-order valence-corrected chi connectivity index (χ0v) is 17.1. The molecule has 1 amide bonds. The molecular formula is C23H26F2N2O2. The molecule has 2 N–H and O–H groups in total. The minimum absolute atomic E-state index is 0.00732. The van der Waals surface area contributed by atoms with Gasteiger partial charge in [0.1, 0.15) is 17.2 Å². The number of nitrogens with two attached hydrogens (primary N) is 1. The molecule has 4 nitrogen and oxygen atoms in total. The van der Waals surface area contributed by atoms with E-state index < -0.39 is 35.4 Å². The summed E-state index contributed by atoms with van der Waals surface area (Å²) in [7, 11) is 0. The lowest BCUT2D eigenvalue weighted by molar-refractivity contribution is 0.0203.